The fourth-order valence-corrected chi connectivity index (χ4v) is 3.27. The van der Waals surface area contributed by atoms with Gasteiger partial charge in [-0.3, -0.25) is 4.57 Å². The lowest BCUT2D eigenvalue weighted by atomic mass is 10.2. The van der Waals surface area contributed by atoms with Crippen LogP contribution in [0.25, 0.3) is 0 Å². The quantitative estimate of drug-likeness (QED) is 0.750. The summed E-state index contributed by atoms with van der Waals surface area (Å²) in [6, 6.07) is 4.56. The number of hydrogen-bond acceptors (Lipinski definition) is 6. The van der Waals surface area contributed by atoms with Crippen LogP contribution >= 0.6 is 7.60 Å². The molecule has 0 amide bonds. The average Bonchev–Trinajstić information content (AvgIpc) is 2.38. The smallest absolute Gasteiger partial charge is 0.351 e. The van der Waals surface area contributed by atoms with Crippen LogP contribution in [0.2, 0.25) is 0 Å². The molecule has 0 spiro atoms. The molecule has 0 bridgehead atoms. The molecule has 1 rings (SSSR count). The van der Waals surface area contributed by atoms with E-state index >= 15 is 0 Å². The minimum Gasteiger partial charge on any atom is -0.504 e. The Morgan fingerprint density at radius 3 is 2.32 bits per heavy atom. The van der Waals surface area contributed by atoms with Crippen LogP contribution in [0.15, 0.2) is 18.2 Å². The van der Waals surface area contributed by atoms with E-state index in [9.17, 15) is 9.67 Å². The maximum absolute atomic E-state index is 12.5. The Labute approximate surface area is 113 Å². The molecule has 1 aromatic rings. The molecule has 108 valence electrons. The molecule has 0 unspecified atom stereocenters. The second-order valence-electron chi connectivity index (χ2n) is 3.75. The van der Waals surface area contributed by atoms with Gasteiger partial charge in [-0.1, -0.05) is 6.07 Å². The van der Waals surface area contributed by atoms with Gasteiger partial charge in [-0.05, 0) is 31.5 Å². The second kappa shape index (κ2) is 6.91. The highest BCUT2D eigenvalue weighted by molar-refractivity contribution is 7.54. The lowest BCUT2D eigenvalue weighted by molar-refractivity contribution is 0.212. The summed E-state index contributed by atoms with van der Waals surface area (Å²) in [4.78, 5) is 0. The van der Waals surface area contributed by atoms with Crippen LogP contribution in [0.5, 0.6) is 11.5 Å². The lowest BCUT2D eigenvalue weighted by Crippen LogP contribution is -2.15. The molecule has 7 heteroatoms. The normalized spacial score (nSPS) is 13.3. The van der Waals surface area contributed by atoms with Crippen LogP contribution in [0, 0.1) is 0 Å². The first-order chi connectivity index (χ1) is 8.98. The zero-order valence-corrected chi connectivity index (χ0v) is 12.2. The number of methoxy groups -OCH3 is 1. The van der Waals surface area contributed by atoms with Crippen LogP contribution in [0.4, 0.5) is 0 Å². The van der Waals surface area contributed by atoms with Crippen molar-refractivity contribution in [3.8, 4) is 11.5 Å². The average molecular weight is 289 g/mol. The number of aromatic hydroxyl groups is 1. The van der Waals surface area contributed by atoms with Gasteiger partial charge in [0, 0.05) is 0 Å². The summed E-state index contributed by atoms with van der Waals surface area (Å²) in [5, 5.41) is 9.71. The summed E-state index contributed by atoms with van der Waals surface area (Å²) in [7, 11) is -2.01. The monoisotopic (exact) mass is 289 g/mol. The van der Waals surface area contributed by atoms with Crippen molar-refractivity contribution in [3.05, 3.63) is 23.8 Å². The predicted molar refractivity (Wildman–Crippen MR) is 72.4 cm³/mol. The number of phenols is 1. The van der Waals surface area contributed by atoms with E-state index in [4.69, 9.17) is 19.5 Å². The third kappa shape index (κ3) is 3.70. The van der Waals surface area contributed by atoms with Crippen LogP contribution < -0.4 is 10.5 Å². The molecule has 3 N–H and O–H groups in total. The van der Waals surface area contributed by atoms with Gasteiger partial charge in [-0.25, -0.2) is 0 Å². The summed E-state index contributed by atoms with van der Waals surface area (Å²) in [6.45, 7) is 3.88. The van der Waals surface area contributed by atoms with Gasteiger partial charge in [0.05, 0.1) is 20.3 Å². The fourth-order valence-electron chi connectivity index (χ4n) is 1.63. The first kappa shape index (κ1) is 16.0. The van der Waals surface area contributed by atoms with Crippen molar-refractivity contribution in [1.29, 1.82) is 0 Å². The Morgan fingerprint density at radius 1 is 1.32 bits per heavy atom. The summed E-state index contributed by atoms with van der Waals surface area (Å²) in [5.74, 6) is -0.710. The van der Waals surface area contributed by atoms with Gasteiger partial charge in [0.2, 0.25) is 0 Å². The molecular formula is C12H20NO5P. The van der Waals surface area contributed by atoms with Gasteiger partial charge in [0.1, 0.15) is 5.78 Å². The Balaban J connectivity index is 3.06. The highest BCUT2D eigenvalue weighted by Gasteiger charge is 2.34. The lowest BCUT2D eigenvalue weighted by Gasteiger charge is -2.23. The number of phenolic OH excluding ortho intramolecular Hbond substituents is 1. The fraction of sp³-hybridized carbons (Fsp3) is 0.500. The number of hydrogen-bond donors (Lipinski definition) is 2. The standard InChI is InChI=1S/C12H20NO5P/c1-4-17-19(15,18-5-2)12(13)9-6-7-11(16-3)10(14)8-9/h6-8,12,14H,4-5,13H2,1-3H3/t12-/m1/s1. The molecule has 1 atom stereocenters. The zero-order valence-electron chi connectivity index (χ0n) is 11.3. The molecule has 0 saturated carbocycles. The predicted octanol–water partition coefficient (Wildman–Crippen LogP) is 2.62. The first-order valence-corrected chi connectivity index (χ1v) is 7.61. The van der Waals surface area contributed by atoms with Crippen LogP contribution in [-0.4, -0.2) is 25.4 Å². The van der Waals surface area contributed by atoms with Gasteiger partial charge in [0.25, 0.3) is 0 Å². The van der Waals surface area contributed by atoms with Gasteiger partial charge < -0.3 is 24.6 Å². The molecule has 0 heterocycles. The SMILES string of the molecule is CCOP(=O)(OCC)[C@@H](N)c1ccc(OC)c(O)c1. The molecule has 0 saturated heterocycles. The van der Waals surface area contributed by atoms with Gasteiger partial charge >= 0.3 is 7.60 Å². The van der Waals surface area contributed by atoms with Crippen molar-refractivity contribution in [2.45, 2.75) is 19.6 Å². The van der Waals surface area contributed by atoms with E-state index in [1.165, 1.54) is 13.2 Å². The zero-order chi connectivity index (χ0) is 14.5. The van der Waals surface area contributed by atoms with Crippen molar-refractivity contribution in [1.82, 2.24) is 0 Å². The topological polar surface area (TPSA) is 91.0 Å². The number of benzene rings is 1. The molecule has 0 fully saturated rings. The molecule has 1 aromatic carbocycles. The molecular weight excluding hydrogens is 269 g/mol. The van der Waals surface area contributed by atoms with E-state index in [1.54, 1.807) is 26.0 Å². The van der Waals surface area contributed by atoms with E-state index < -0.39 is 13.4 Å². The van der Waals surface area contributed by atoms with E-state index in [0.29, 0.717) is 11.3 Å². The van der Waals surface area contributed by atoms with Gasteiger partial charge in [0.15, 0.2) is 11.5 Å². The van der Waals surface area contributed by atoms with Crippen molar-refractivity contribution in [2.75, 3.05) is 20.3 Å². The van der Waals surface area contributed by atoms with E-state index in [2.05, 4.69) is 0 Å². The Hall–Kier alpha value is -1.07. The molecule has 0 aromatic heterocycles. The Bertz CT molecular complexity index is 455. The maximum atomic E-state index is 12.5. The van der Waals surface area contributed by atoms with Crippen LogP contribution in [0.1, 0.15) is 25.2 Å². The van der Waals surface area contributed by atoms with Crippen molar-refractivity contribution >= 4 is 7.60 Å². The van der Waals surface area contributed by atoms with Crippen molar-refractivity contribution in [2.24, 2.45) is 5.73 Å². The highest BCUT2D eigenvalue weighted by atomic mass is 31.2. The second-order valence-corrected chi connectivity index (χ2v) is 5.90. The number of nitrogens with two attached hydrogens (primary N) is 1. The minimum atomic E-state index is -3.45. The van der Waals surface area contributed by atoms with Crippen molar-refractivity contribution < 1.29 is 23.5 Å². The van der Waals surface area contributed by atoms with E-state index in [-0.39, 0.29) is 19.0 Å². The van der Waals surface area contributed by atoms with Gasteiger partial charge in [-0.2, -0.15) is 0 Å². The van der Waals surface area contributed by atoms with Gasteiger partial charge in [-0.15, -0.1) is 0 Å². The summed E-state index contributed by atoms with van der Waals surface area (Å²) < 4.78 is 27.8. The van der Waals surface area contributed by atoms with Crippen LogP contribution in [-0.2, 0) is 13.6 Å². The first-order valence-electron chi connectivity index (χ1n) is 5.99. The maximum Gasteiger partial charge on any atom is 0.351 e. The molecule has 19 heavy (non-hydrogen) atoms. The van der Waals surface area contributed by atoms with Crippen LogP contribution in [0.3, 0.4) is 0 Å². The third-order valence-electron chi connectivity index (χ3n) is 2.50. The number of ether oxygens (including phenoxy) is 1. The largest absolute Gasteiger partial charge is 0.504 e. The highest BCUT2D eigenvalue weighted by Crippen LogP contribution is 2.58. The third-order valence-corrected chi connectivity index (χ3v) is 4.72. The summed E-state index contributed by atoms with van der Waals surface area (Å²) >= 11 is 0. The van der Waals surface area contributed by atoms with E-state index in [0.717, 1.165) is 0 Å². The molecule has 6 nitrogen and oxygen atoms in total. The van der Waals surface area contributed by atoms with E-state index in [1.807, 2.05) is 0 Å². The summed E-state index contributed by atoms with van der Waals surface area (Å²) in [5.41, 5.74) is 6.40. The molecule has 0 aliphatic carbocycles. The molecule has 0 aliphatic heterocycles. The van der Waals surface area contributed by atoms with Crippen molar-refractivity contribution in [3.63, 3.8) is 0 Å². The Kier molecular flexibility index (Phi) is 5.82. The summed E-state index contributed by atoms with van der Waals surface area (Å²) in [6.07, 6.45) is 0. The number of rotatable bonds is 7. The molecule has 0 aliphatic rings. The molecule has 0 radical (unpaired) electrons. The minimum absolute atomic E-state index is 0.0741. The Morgan fingerprint density at radius 2 is 1.89 bits per heavy atom.